The van der Waals surface area contributed by atoms with Crippen LogP contribution < -0.4 is 9.80 Å². The molecule has 2 aliphatic rings. The molecule has 0 atom stereocenters. The largest absolute Gasteiger partial charge is 0.465 e. The minimum atomic E-state index is -4.88. The van der Waals surface area contributed by atoms with Gasteiger partial charge in [-0.15, -0.1) is 0 Å². The van der Waals surface area contributed by atoms with Gasteiger partial charge in [0.15, 0.2) is 10.8 Å². The average Bonchev–Trinajstić information content (AvgIpc) is 3.05. The molecule has 7 nitrogen and oxygen atoms in total. The van der Waals surface area contributed by atoms with E-state index in [1.807, 2.05) is 13.8 Å². The highest BCUT2D eigenvalue weighted by Gasteiger charge is 2.59. The average molecular weight is 508 g/mol. The Bertz CT molecular complexity index is 1240. The van der Waals surface area contributed by atoms with Crippen molar-refractivity contribution in [3.8, 4) is 6.07 Å². The Hall–Kier alpha value is -3.59. The number of anilines is 2. The van der Waals surface area contributed by atoms with Gasteiger partial charge in [0.25, 0.3) is 5.91 Å². The van der Waals surface area contributed by atoms with Gasteiger partial charge in [0.05, 0.1) is 30.1 Å². The molecule has 35 heavy (non-hydrogen) atoms. The highest BCUT2D eigenvalue weighted by molar-refractivity contribution is 7.81. The fourth-order valence-electron chi connectivity index (χ4n) is 4.01. The first kappa shape index (κ1) is 26.0. The van der Waals surface area contributed by atoms with Crippen molar-refractivity contribution in [2.24, 2.45) is 0 Å². The van der Waals surface area contributed by atoms with Crippen LogP contribution in [-0.4, -0.2) is 34.6 Å². The zero-order chi connectivity index (χ0) is 26.1. The van der Waals surface area contributed by atoms with Crippen LogP contribution in [0.3, 0.4) is 0 Å². The Labute approximate surface area is 203 Å². The standard InChI is InChI=1S/C21H14F4N4O3S.C2H6/c1-32-17(30)13-4-3-11(8-15(13)22)29-19(33)28(18(31)20(29)5-2-6-20)12-7-14(21(23,24)25)16(9-26)27-10-12;1-2/h3-4,7-8,10H,2,5-6H2,1H3;1-2H3. The number of rotatable bonds is 3. The van der Waals surface area contributed by atoms with Crippen molar-refractivity contribution in [1.82, 2.24) is 4.98 Å². The van der Waals surface area contributed by atoms with Gasteiger partial charge in [0.2, 0.25) is 0 Å². The Morgan fingerprint density at radius 3 is 2.37 bits per heavy atom. The summed E-state index contributed by atoms with van der Waals surface area (Å²) in [6.45, 7) is 4.00. The molecule has 1 aliphatic carbocycles. The second-order valence-electron chi connectivity index (χ2n) is 7.50. The Kier molecular flexibility index (Phi) is 7.12. The van der Waals surface area contributed by atoms with Gasteiger partial charge in [-0.05, 0) is 55.7 Å². The lowest BCUT2D eigenvalue weighted by atomic mass is 9.75. The van der Waals surface area contributed by atoms with Gasteiger partial charge in [-0.2, -0.15) is 18.4 Å². The SMILES string of the molecule is CC.COC(=O)c1ccc(N2C(=S)N(c3cnc(C#N)c(C(F)(F)F)c3)C(=O)C23CCC3)cc1F. The molecule has 12 heteroatoms. The molecule has 4 rings (SSSR count). The fraction of sp³-hybridized carbons (Fsp3) is 0.348. The van der Waals surface area contributed by atoms with Crippen LogP contribution in [0.1, 0.15) is 54.7 Å². The molecule has 2 heterocycles. The van der Waals surface area contributed by atoms with Crippen LogP contribution in [-0.2, 0) is 15.7 Å². The molecule has 2 fully saturated rings. The van der Waals surface area contributed by atoms with Crippen molar-refractivity contribution >= 4 is 40.6 Å². The summed E-state index contributed by atoms with van der Waals surface area (Å²) in [7, 11) is 1.10. The summed E-state index contributed by atoms with van der Waals surface area (Å²) >= 11 is 5.44. The molecular weight excluding hydrogens is 488 g/mol. The van der Waals surface area contributed by atoms with Crippen molar-refractivity contribution in [3.63, 3.8) is 0 Å². The number of pyridine rings is 1. The number of hydrogen-bond acceptors (Lipinski definition) is 6. The van der Waals surface area contributed by atoms with Gasteiger partial charge in [0.1, 0.15) is 17.4 Å². The number of nitriles is 1. The van der Waals surface area contributed by atoms with Gasteiger partial charge >= 0.3 is 12.1 Å². The number of carbonyl (C=O) groups is 2. The molecule has 1 saturated carbocycles. The van der Waals surface area contributed by atoms with Crippen LogP contribution in [0.2, 0.25) is 0 Å². The number of nitrogens with zero attached hydrogens (tertiary/aromatic N) is 4. The lowest BCUT2D eigenvalue weighted by molar-refractivity contribution is -0.138. The summed E-state index contributed by atoms with van der Waals surface area (Å²) in [6.07, 6.45) is -2.56. The van der Waals surface area contributed by atoms with E-state index in [0.29, 0.717) is 25.3 Å². The summed E-state index contributed by atoms with van der Waals surface area (Å²) in [5.74, 6) is -2.36. The first-order valence-electron chi connectivity index (χ1n) is 10.6. The van der Waals surface area contributed by atoms with E-state index in [1.54, 1.807) is 0 Å². The predicted molar refractivity (Wildman–Crippen MR) is 122 cm³/mol. The molecule has 1 saturated heterocycles. The summed E-state index contributed by atoms with van der Waals surface area (Å²) in [4.78, 5) is 30.9. The number of halogens is 4. The van der Waals surface area contributed by atoms with Gasteiger partial charge in [-0.3, -0.25) is 9.69 Å². The van der Waals surface area contributed by atoms with Gasteiger partial charge in [-0.1, -0.05) is 13.8 Å². The number of aromatic nitrogens is 1. The molecule has 1 aromatic carbocycles. The van der Waals surface area contributed by atoms with Crippen molar-refractivity contribution < 1.29 is 31.9 Å². The number of amides is 1. The first-order chi connectivity index (χ1) is 16.5. The van der Waals surface area contributed by atoms with Crippen LogP contribution >= 0.6 is 12.2 Å². The molecule has 184 valence electrons. The predicted octanol–water partition coefficient (Wildman–Crippen LogP) is 4.98. The third-order valence-corrected chi connectivity index (χ3v) is 6.12. The molecule has 1 aromatic heterocycles. The van der Waals surface area contributed by atoms with Gasteiger partial charge in [0, 0.05) is 5.69 Å². The summed E-state index contributed by atoms with van der Waals surface area (Å²) in [5.41, 5.74) is -3.73. The molecular formula is C23H20F4N4O3S. The minimum Gasteiger partial charge on any atom is -0.465 e. The second-order valence-corrected chi connectivity index (χ2v) is 7.86. The third kappa shape index (κ3) is 4.20. The van der Waals surface area contributed by atoms with E-state index in [9.17, 15) is 27.2 Å². The number of hydrogen-bond donors (Lipinski definition) is 0. The molecule has 2 aromatic rings. The molecule has 0 unspecified atom stereocenters. The van der Waals surface area contributed by atoms with E-state index in [-0.39, 0.29) is 22.1 Å². The zero-order valence-corrected chi connectivity index (χ0v) is 19.8. The summed E-state index contributed by atoms with van der Waals surface area (Å²) in [5, 5.41) is 8.81. The van der Waals surface area contributed by atoms with E-state index < -0.39 is 40.7 Å². The van der Waals surface area contributed by atoms with Crippen LogP contribution in [0.15, 0.2) is 30.5 Å². The van der Waals surface area contributed by atoms with E-state index in [1.165, 1.54) is 23.1 Å². The van der Waals surface area contributed by atoms with Gasteiger partial charge in [-0.25, -0.2) is 14.2 Å². The smallest absolute Gasteiger partial charge is 0.419 e. The number of carbonyl (C=O) groups excluding carboxylic acids is 2. The summed E-state index contributed by atoms with van der Waals surface area (Å²) in [6, 6.07) is 5.62. The van der Waals surface area contributed by atoms with Crippen LogP contribution in [0, 0.1) is 17.1 Å². The number of thiocarbonyl (C=S) groups is 1. The highest BCUT2D eigenvalue weighted by atomic mass is 32.1. The normalized spacial score (nSPS) is 16.4. The number of ether oxygens (including phenoxy) is 1. The van der Waals surface area contributed by atoms with Crippen molar-refractivity contribution in [3.05, 3.63) is 53.1 Å². The molecule has 0 bridgehead atoms. The topological polar surface area (TPSA) is 86.5 Å². The van der Waals surface area contributed by atoms with Crippen molar-refractivity contribution in [2.45, 2.75) is 44.8 Å². The monoisotopic (exact) mass is 508 g/mol. The molecule has 0 radical (unpaired) electrons. The Balaban J connectivity index is 0.00000167. The number of benzene rings is 1. The summed E-state index contributed by atoms with van der Waals surface area (Å²) < 4.78 is 59.4. The maximum atomic E-state index is 14.6. The number of methoxy groups -OCH3 is 1. The lowest BCUT2D eigenvalue weighted by Gasteiger charge is -2.43. The van der Waals surface area contributed by atoms with Crippen LogP contribution in [0.25, 0.3) is 0 Å². The molecule has 1 amide bonds. The van der Waals surface area contributed by atoms with Gasteiger partial charge < -0.3 is 9.64 Å². The minimum absolute atomic E-state index is 0.162. The maximum Gasteiger partial charge on any atom is 0.419 e. The Morgan fingerprint density at radius 2 is 1.89 bits per heavy atom. The second kappa shape index (κ2) is 9.58. The number of alkyl halides is 3. The fourth-order valence-corrected chi connectivity index (χ4v) is 4.48. The third-order valence-electron chi connectivity index (χ3n) is 5.75. The zero-order valence-electron chi connectivity index (χ0n) is 18.9. The van der Waals surface area contributed by atoms with E-state index in [2.05, 4.69) is 9.72 Å². The molecule has 0 N–H and O–H groups in total. The molecule has 1 aliphatic heterocycles. The van der Waals surface area contributed by atoms with Crippen LogP contribution in [0.5, 0.6) is 0 Å². The first-order valence-corrected chi connectivity index (χ1v) is 11.0. The van der Waals surface area contributed by atoms with E-state index in [4.69, 9.17) is 17.5 Å². The van der Waals surface area contributed by atoms with E-state index >= 15 is 0 Å². The Morgan fingerprint density at radius 1 is 1.23 bits per heavy atom. The van der Waals surface area contributed by atoms with Crippen molar-refractivity contribution in [1.29, 1.82) is 5.26 Å². The lowest BCUT2D eigenvalue weighted by Crippen LogP contribution is -2.55. The quantitative estimate of drug-likeness (QED) is 0.328. The van der Waals surface area contributed by atoms with E-state index in [0.717, 1.165) is 24.3 Å². The number of esters is 1. The van der Waals surface area contributed by atoms with Crippen LogP contribution in [0.4, 0.5) is 28.9 Å². The molecule has 1 spiro atoms. The van der Waals surface area contributed by atoms with Crippen molar-refractivity contribution in [2.75, 3.05) is 16.9 Å². The maximum absolute atomic E-state index is 14.6. The highest BCUT2D eigenvalue weighted by Crippen LogP contribution is 2.48.